The molecule has 0 aliphatic heterocycles. The highest BCUT2D eigenvalue weighted by Gasteiger charge is 2.20. The second kappa shape index (κ2) is 11.1. The maximum absolute atomic E-state index is 5.41. The van der Waals surface area contributed by atoms with Crippen molar-refractivity contribution in [2.75, 3.05) is 0 Å². The molecule has 3 aromatic heterocycles. The van der Waals surface area contributed by atoms with Gasteiger partial charge in [0.25, 0.3) is 0 Å². The normalized spacial score (nSPS) is 12.1. The van der Waals surface area contributed by atoms with Gasteiger partial charge in [0.15, 0.2) is 0 Å². The molecule has 0 fully saturated rings. The van der Waals surface area contributed by atoms with Crippen molar-refractivity contribution in [2.45, 2.75) is 0 Å². The molecule has 3 heterocycles. The van der Waals surface area contributed by atoms with Crippen LogP contribution < -0.4 is 0 Å². The first-order valence-electron chi connectivity index (χ1n) is 18.6. The maximum atomic E-state index is 5.41. The lowest BCUT2D eigenvalue weighted by Crippen LogP contribution is -1.96. The molecule has 0 saturated carbocycles. The minimum absolute atomic E-state index is 1.00. The molecule has 12 rings (SSSR count). The molecule has 3 heteroatoms. The summed E-state index contributed by atoms with van der Waals surface area (Å²) in [5.74, 6) is 0. The topological polar surface area (TPSA) is 22.8 Å². The average molecular weight is 686 g/mol. The van der Waals surface area contributed by atoms with Gasteiger partial charge < -0.3 is 9.13 Å². The van der Waals surface area contributed by atoms with Gasteiger partial charge in [-0.2, -0.15) is 0 Å². The van der Waals surface area contributed by atoms with E-state index in [0.717, 1.165) is 28.1 Å². The average Bonchev–Trinajstić information content (AvgIpc) is 3.74. The van der Waals surface area contributed by atoms with Crippen molar-refractivity contribution in [3.05, 3.63) is 188 Å². The van der Waals surface area contributed by atoms with E-state index in [4.69, 9.17) is 4.98 Å². The molecule has 0 unspecified atom stereocenters. The number of hydrogen-bond acceptors (Lipinski definition) is 1. The van der Waals surface area contributed by atoms with Gasteiger partial charge in [-0.1, -0.05) is 133 Å². The minimum atomic E-state index is 1.00. The van der Waals surface area contributed by atoms with E-state index in [1.54, 1.807) is 0 Å². The molecule has 0 radical (unpaired) electrons. The van der Waals surface area contributed by atoms with Crippen molar-refractivity contribution in [3.8, 4) is 22.6 Å². The Morgan fingerprint density at radius 1 is 0.296 bits per heavy atom. The number of aromatic nitrogens is 3. The number of fused-ring (bicyclic) bond motifs is 14. The minimum Gasteiger partial charge on any atom is -0.309 e. The van der Waals surface area contributed by atoms with E-state index in [1.807, 2.05) is 0 Å². The molecule has 54 heavy (non-hydrogen) atoms. The summed E-state index contributed by atoms with van der Waals surface area (Å²) in [6.07, 6.45) is 0. The molecular weight excluding hydrogens is 655 g/mol. The fraction of sp³-hybridized carbons (Fsp3) is 0. The number of rotatable bonds is 3. The molecule has 12 aromatic rings. The van der Waals surface area contributed by atoms with Gasteiger partial charge in [-0.05, 0) is 76.1 Å². The summed E-state index contributed by atoms with van der Waals surface area (Å²) in [6.45, 7) is 0. The lowest BCUT2D eigenvalue weighted by molar-refractivity contribution is 1.16. The van der Waals surface area contributed by atoms with E-state index in [-0.39, 0.29) is 0 Å². The van der Waals surface area contributed by atoms with Gasteiger partial charge in [-0.25, -0.2) is 4.98 Å². The van der Waals surface area contributed by atoms with Gasteiger partial charge in [-0.15, -0.1) is 0 Å². The molecule has 0 spiro atoms. The molecule has 0 saturated heterocycles. The van der Waals surface area contributed by atoms with Gasteiger partial charge in [0.05, 0.1) is 33.3 Å². The summed E-state index contributed by atoms with van der Waals surface area (Å²) >= 11 is 0. The second-order valence-electron chi connectivity index (χ2n) is 14.3. The molecule has 0 aliphatic carbocycles. The summed E-state index contributed by atoms with van der Waals surface area (Å²) in [6, 6.07) is 68.3. The lowest BCUT2D eigenvalue weighted by Gasteiger charge is -2.16. The third kappa shape index (κ3) is 4.04. The Morgan fingerprint density at radius 3 is 1.37 bits per heavy atom. The van der Waals surface area contributed by atoms with Crippen LogP contribution in [-0.2, 0) is 0 Å². The van der Waals surface area contributed by atoms with Gasteiger partial charge >= 0.3 is 0 Å². The van der Waals surface area contributed by atoms with Crippen molar-refractivity contribution in [1.82, 2.24) is 14.1 Å². The quantitative estimate of drug-likeness (QED) is 0.170. The smallest absolute Gasteiger partial charge is 0.0794 e. The van der Waals surface area contributed by atoms with Crippen LogP contribution in [0, 0.1) is 0 Å². The predicted molar refractivity (Wildman–Crippen MR) is 228 cm³/mol. The Morgan fingerprint density at radius 2 is 0.759 bits per heavy atom. The van der Waals surface area contributed by atoms with Crippen molar-refractivity contribution >= 4 is 86.8 Å². The van der Waals surface area contributed by atoms with Crippen LogP contribution in [0.3, 0.4) is 0 Å². The summed E-state index contributed by atoms with van der Waals surface area (Å²) in [5, 5.41) is 13.6. The Hall–Kier alpha value is -7.23. The van der Waals surface area contributed by atoms with Crippen molar-refractivity contribution in [1.29, 1.82) is 0 Å². The Kier molecular flexibility index (Phi) is 6.05. The second-order valence-corrected chi connectivity index (χ2v) is 14.3. The monoisotopic (exact) mass is 685 g/mol. The largest absolute Gasteiger partial charge is 0.309 e. The third-order valence-electron chi connectivity index (χ3n) is 11.5. The number of para-hydroxylation sites is 4. The van der Waals surface area contributed by atoms with E-state index in [1.165, 1.54) is 81.3 Å². The Balaban J connectivity index is 1.13. The molecule has 0 amide bonds. The first kappa shape index (κ1) is 29.4. The van der Waals surface area contributed by atoms with Gasteiger partial charge in [0.2, 0.25) is 0 Å². The summed E-state index contributed by atoms with van der Waals surface area (Å²) < 4.78 is 4.83. The highest BCUT2D eigenvalue weighted by atomic mass is 15.0. The van der Waals surface area contributed by atoms with Crippen LogP contribution in [0.1, 0.15) is 0 Å². The highest BCUT2D eigenvalue weighted by molar-refractivity contribution is 6.33. The van der Waals surface area contributed by atoms with Crippen LogP contribution in [0.5, 0.6) is 0 Å². The standard InChI is InChI=1S/C51H31N3/c1-2-14-33(15-3-1)53-45-24-12-9-18-37(45)42-30-43-38-19-10-13-25-46(38)54(48(43)31-47(42)53)34-28-26-32(27-29-34)51-50-40-21-7-5-17-36(40)35-16-4-6-20-39(35)49(50)41-22-8-11-23-44(41)52-51/h1-31H. The molecule has 3 nitrogen and oxygen atoms in total. The fourth-order valence-electron chi connectivity index (χ4n) is 9.17. The Bertz CT molecular complexity index is 3480. The lowest BCUT2D eigenvalue weighted by atomic mass is 9.90. The summed E-state index contributed by atoms with van der Waals surface area (Å²) in [5.41, 5.74) is 10.2. The SMILES string of the molecule is c1ccc(-n2c3ccccc3c3cc4c5ccccc5n(-c5ccc(-c6nc7ccccc7c7c8ccccc8c8ccccc8c67)cc5)c4cc32)cc1. The van der Waals surface area contributed by atoms with Crippen LogP contribution in [0.15, 0.2) is 188 Å². The number of nitrogens with zero attached hydrogens (tertiary/aromatic N) is 3. The zero-order chi connectivity index (χ0) is 35.3. The summed E-state index contributed by atoms with van der Waals surface area (Å²) in [7, 11) is 0. The highest BCUT2D eigenvalue weighted by Crippen LogP contribution is 2.44. The van der Waals surface area contributed by atoms with E-state index in [0.29, 0.717) is 0 Å². The van der Waals surface area contributed by atoms with Crippen LogP contribution in [0.2, 0.25) is 0 Å². The van der Waals surface area contributed by atoms with Gasteiger partial charge in [-0.3, -0.25) is 0 Å². The van der Waals surface area contributed by atoms with Crippen LogP contribution in [0.25, 0.3) is 109 Å². The molecule has 0 atom stereocenters. The number of hydrogen-bond donors (Lipinski definition) is 0. The van der Waals surface area contributed by atoms with E-state index in [9.17, 15) is 0 Å². The zero-order valence-corrected chi connectivity index (χ0v) is 29.2. The fourth-order valence-corrected chi connectivity index (χ4v) is 9.17. The van der Waals surface area contributed by atoms with E-state index in [2.05, 4.69) is 197 Å². The van der Waals surface area contributed by atoms with Crippen LogP contribution in [-0.4, -0.2) is 14.1 Å². The van der Waals surface area contributed by atoms with E-state index >= 15 is 0 Å². The van der Waals surface area contributed by atoms with Crippen molar-refractivity contribution < 1.29 is 0 Å². The van der Waals surface area contributed by atoms with Crippen molar-refractivity contribution in [3.63, 3.8) is 0 Å². The number of pyridine rings is 1. The molecule has 9 aromatic carbocycles. The molecule has 0 aliphatic rings. The zero-order valence-electron chi connectivity index (χ0n) is 29.2. The molecule has 0 bridgehead atoms. The van der Waals surface area contributed by atoms with Crippen LogP contribution >= 0.6 is 0 Å². The predicted octanol–water partition coefficient (Wildman–Crippen LogP) is 13.6. The molecule has 250 valence electrons. The first-order valence-corrected chi connectivity index (χ1v) is 18.6. The summed E-state index contributed by atoms with van der Waals surface area (Å²) in [4.78, 5) is 5.41. The van der Waals surface area contributed by atoms with E-state index < -0.39 is 0 Å². The Labute approximate surface area is 310 Å². The first-order chi connectivity index (χ1) is 26.8. The maximum Gasteiger partial charge on any atom is 0.0794 e. The third-order valence-corrected chi connectivity index (χ3v) is 11.5. The van der Waals surface area contributed by atoms with Gasteiger partial charge in [0.1, 0.15) is 0 Å². The van der Waals surface area contributed by atoms with Crippen molar-refractivity contribution in [2.24, 2.45) is 0 Å². The van der Waals surface area contributed by atoms with Gasteiger partial charge in [0, 0.05) is 54.6 Å². The molecule has 0 N–H and O–H groups in total. The number of benzene rings is 9. The van der Waals surface area contributed by atoms with Crippen LogP contribution in [0.4, 0.5) is 0 Å². The molecular formula is C51H31N3.